The van der Waals surface area contributed by atoms with Crippen molar-refractivity contribution in [2.24, 2.45) is 0 Å². The molecule has 0 spiro atoms. The highest BCUT2D eigenvalue weighted by Crippen LogP contribution is 2.29. The van der Waals surface area contributed by atoms with Crippen LogP contribution in [0, 0.1) is 6.92 Å². The first-order valence-corrected chi connectivity index (χ1v) is 12.1. The number of thioether (sulfide) groups is 1. The summed E-state index contributed by atoms with van der Waals surface area (Å²) in [6.07, 6.45) is 0. The third-order valence-corrected chi connectivity index (χ3v) is 7.13. The van der Waals surface area contributed by atoms with Crippen LogP contribution >= 0.6 is 11.8 Å². The Morgan fingerprint density at radius 3 is 2.47 bits per heavy atom. The number of amides is 1. The summed E-state index contributed by atoms with van der Waals surface area (Å²) < 4.78 is 31.4. The van der Waals surface area contributed by atoms with E-state index in [1.807, 2.05) is 43.3 Å². The van der Waals surface area contributed by atoms with Crippen molar-refractivity contribution in [1.82, 2.24) is 14.3 Å². The van der Waals surface area contributed by atoms with Gasteiger partial charge in [0.05, 0.1) is 18.6 Å². The molecule has 1 heterocycles. The van der Waals surface area contributed by atoms with Gasteiger partial charge >= 0.3 is 0 Å². The van der Waals surface area contributed by atoms with E-state index in [9.17, 15) is 13.2 Å². The van der Waals surface area contributed by atoms with Crippen molar-refractivity contribution in [2.75, 3.05) is 32.3 Å². The molecule has 0 aliphatic carbocycles. The summed E-state index contributed by atoms with van der Waals surface area (Å²) in [6, 6.07) is 16.1. The first kappa shape index (κ1) is 23.7. The Labute approximate surface area is 192 Å². The third kappa shape index (κ3) is 5.64. The second kappa shape index (κ2) is 10.1. The van der Waals surface area contributed by atoms with Crippen LogP contribution < -0.4 is 10.1 Å². The lowest BCUT2D eigenvalue weighted by atomic mass is 10.1. The van der Waals surface area contributed by atoms with Gasteiger partial charge in [-0.3, -0.25) is 4.79 Å². The maximum Gasteiger partial charge on any atom is 0.246 e. The maximum atomic E-state index is 12.6. The Morgan fingerprint density at radius 2 is 1.81 bits per heavy atom. The highest BCUT2D eigenvalue weighted by atomic mass is 32.2. The van der Waals surface area contributed by atoms with Crippen molar-refractivity contribution in [2.45, 2.75) is 17.0 Å². The predicted octanol–water partition coefficient (Wildman–Crippen LogP) is 3.44. The molecular formula is C22H24N4O4S2. The fourth-order valence-corrected chi connectivity index (χ4v) is 4.62. The average Bonchev–Trinajstić information content (AvgIpc) is 2.78. The summed E-state index contributed by atoms with van der Waals surface area (Å²) in [4.78, 5) is 21.4. The minimum absolute atomic E-state index is 0.0232. The zero-order valence-electron chi connectivity index (χ0n) is 18.2. The molecule has 3 rings (SSSR count). The molecule has 8 nitrogen and oxygen atoms in total. The second-order valence-electron chi connectivity index (χ2n) is 7.03. The Kier molecular flexibility index (Phi) is 7.49. The van der Waals surface area contributed by atoms with Crippen LogP contribution in [-0.4, -0.2) is 55.6 Å². The Bertz CT molecular complexity index is 1220. The lowest BCUT2D eigenvalue weighted by Gasteiger charge is -2.16. The number of hydrogen-bond donors (Lipinski definition) is 1. The van der Waals surface area contributed by atoms with Crippen molar-refractivity contribution in [1.29, 1.82) is 0 Å². The van der Waals surface area contributed by atoms with E-state index in [0.717, 1.165) is 21.3 Å². The van der Waals surface area contributed by atoms with E-state index in [-0.39, 0.29) is 22.3 Å². The van der Waals surface area contributed by atoms with E-state index in [4.69, 9.17) is 4.74 Å². The lowest BCUT2D eigenvalue weighted by molar-refractivity contribution is -0.113. The van der Waals surface area contributed by atoms with Crippen LogP contribution in [0.4, 0.5) is 5.69 Å². The average molecular weight is 473 g/mol. The Balaban J connectivity index is 1.73. The number of sulfonamides is 1. The molecule has 0 unspecified atom stereocenters. The number of aryl methyl sites for hydroxylation is 1. The number of ether oxygens (including phenoxy) is 1. The fourth-order valence-electron chi connectivity index (χ4n) is 2.84. The summed E-state index contributed by atoms with van der Waals surface area (Å²) in [6.45, 7) is 1.88. The normalized spacial score (nSPS) is 11.4. The molecule has 32 heavy (non-hydrogen) atoms. The molecule has 0 saturated carbocycles. The first-order chi connectivity index (χ1) is 15.2. The number of nitrogens with zero attached hydrogens (tertiary/aromatic N) is 3. The van der Waals surface area contributed by atoms with Crippen LogP contribution in [0.2, 0.25) is 0 Å². The van der Waals surface area contributed by atoms with Crippen LogP contribution in [0.25, 0.3) is 11.3 Å². The number of nitrogens with one attached hydrogen (secondary N) is 1. The molecule has 1 N–H and O–H groups in total. The van der Waals surface area contributed by atoms with E-state index >= 15 is 0 Å². The lowest BCUT2D eigenvalue weighted by Crippen LogP contribution is -2.23. The van der Waals surface area contributed by atoms with Gasteiger partial charge < -0.3 is 10.1 Å². The number of carbonyl (C=O) groups excluding carboxylic acids is 1. The minimum atomic E-state index is -3.74. The van der Waals surface area contributed by atoms with Gasteiger partial charge in [0.25, 0.3) is 0 Å². The summed E-state index contributed by atoms with van der Waals surface area (Å²) in [5.41, 5.74) is 2.91. The number of carbonyl (C=O) groups is 1. The number of rotatable bonds is 8. The van der Waals surface area contributed by atoms with E-state index in [2.05, 4.69) is 15.3 Å². The quantitative estimate of drug-likeness (QED) is 0.396. The largest absolute Gasteiger partial charge is 0.495 e. The van der Waals surface area contributed by atoms with E-state index in [1.54, 1.807) is 6.07 Å². The fraction of sp³-hybridized carbons (Fsp3) is 0.227. The van der Waals surface area contributed by atoms with Gasteiger partial charge in [0, 0.05) is 31.0 Å². The number of benzene rings is 2. The van der Waals surface area contributed by atoms with Gasteiger partial charge in [-0.05, 0) is 31.2 Å². The molecule has 2 aromatic carbocycles. The molecule has 0 aliphatic heterocycles. The maximum absolute atomic E-state index is 12.6. The molecule has 1 aromatic heterocycles. The number of anilines is 1. The van der Waals surface area contributed by atoms with Crippen molar-refractivity contribution < 1.29 is 17.9 Å². The van der Waals surface area contributed by atoms with Crippen molar-refractivity contribution in [3.63, 3.8) is 0 Å². The smallest absolute Gasteiger partial charge is 0.246 e. The molecule has 0 aliphatic rings. The van der Waals surface area contributed by atoms with Crippen molar-refractivity contribution in [3.05, 3.63) is 60.3 Å². The van der Waals surface area contributed by atoms with Crippen LogP contribution in [0.1, 0.15) is 5.69 Å². The summed E-state index contributed by atoms with van der Waals surface area (Å²) in [5.74, 6) is -0.0353. The van der Waals surface area contributed by atoms with E-state index in [1.165, 1.54) is 45.1 Å². The molecule has 0 bridgehead atoms. The van der Waals surface area contributed by atoms with Gasteiger partial charge in [0.15, 0.2) is 5.16 Å². The SMILES string of the molecule is COc1ccc(NC(=O)CSc2nc(C)cc(-c3ccccc3)n2)cc1S(=O)(=O)N(C)C. The number of hydrogen-bond acceptors (Lipinski definition) is 7. The minimum Gasteiger partial charge on any atom is -0.495 e. The van der Waals surface area contributed by atoms with E-state index < -0.39 is 10.0 Å². The molecule has 0 saturated heterocycles. The molecule has 0 atom stereocenters. The van der Waals surface area contributed by atoms with Gasteiger partial charge in [-0.1, -0.05) is 42.1 Å². The Hall–Kier alpha value is -2.95. The topological polar surface area (TPSA) is 101 Å². The summed E-state index contributed by atoms with van der Waals surface area (Å²) >= 11 is 1.21. The van der Waals surface area contributed by atoms with Gasteiger partial charge in [-0.15, -0.1) is 0 Å². The van der Waals surface area contributed by atoms with Crippen LogP contribution in [-0.2, 0) is 14.8 Å². The first-order valence-electron chi connectivity index (χ1n) is 9.65. The third-order valence-electron chi connectivity index (χ3n) is 4.44. The van der Waals surface area contributed by atoms with Crippen LogP contribution in [0.3, 0.4) is 0 Å². The van der Waals surface area contributed by atoms with Gasteiger partial charge in [-0.2, -0.15) is 0 Å². The number of aromatic nitrogens is 2. The zero-order valence-corrected chi connectivity index (χ0v) is 19.8. The molecule has 0 fully saturated rings. The summed E-state index contributed by atoms with van der Waals surface area (Å²) in [5, 5.41) is 3.21. The van der Waals surface area contributed by atoms with Crippen LogP contribution in [0.15, 0.2) is 64.6 Å². The van der Waals surface area contributed by atoms with Gasteiger partial charge in [0.1, 0.15) is 10.6 Å². The van der Waals surface area contributed by atoms with E-state index in [0.29, 0.717) is 10.8 Å². The van der Waals surface area contributed by atoms with Crippen LogP contribution in [0.5, 0.6) is 5.75 Å². The highest BCUT2D eigenvalue weighted by molar-refractivity contribution is 7.99. The predicted molar refractivity (Wildman–Crippen MR) is 125 cm³/mol. The Morgan fingerprint density at radius 1 is 1.09 bits per heavy atom. The standard InChI is InChI=1S/C22H24N4O4S2/c1-15-12-18(16-8-6-5-7-9-16)25-22(23-15)31-14-21(27)24-17-10-11-19(30-4)20(13-17)32(28,29)26(2)3/h5-13H,14H2,1-4H3,(H,24,27). The molecule has 0 radical (unpaired) electrons. The zero-order chi connectivity index (χ0) is 23.3. The van der Waals surface area contributed by atoms with Crippen molar-refractivity contribution in [3.8, 4) is 17.0 Å². The molecular weight excluding hydrogens is 448 g/mol. The van der Waals surface area contributed by atoms with Crippen molar-refractivity contribution >= 4 is 33.4 Å². The second-order valence-corrected chi connectivity index (χ2v) is 10.1. The monoisotopic (exact) mass is 472 g/mol. The summed E-state index contributed by atoms with van der Waals surface area (Å²) in [7, 11) is 0.522. The van der Waals surface area contributed by atoms with Gasteiger partial charge in [-0.25, -0.2) is 22.7 Å². The molecule has 10 heteroatoms. The molecule has 3 aromatic rings. The molecule has 1 amide bonds. The molecule has 168 valence electrons. The highest BCUT2D eigenvalue weighted by Gasteiger charge is 2.23. The number of methoxy groups -OCH3 is 1. The van der Waals surface area contributed by atoms with Gasteiger partial charge in [0.2, 0.25) is 15.9 Å².